The van der Waals surface area contributed by atoms with E-state index in [1.807, 2.05) is 30.3 Å². The van der Waals surface area contributed by atoms with Gasteiger partial charge in [-0.15, -0.1) is 0 Å². The van der Waals surface area contributed by atoms with E-state index < -0.39 is 0 Å². The molecule has 6 nitrogen and oxygen atoms in total. The van der Waals surface area contributed by atoms with E-state index in [4.69, 9.17) is 9.47 Å². The maximum atomic E-state index is 12.4. The molecule has 0 aliphatic carbocycles. The normalized spacial score (nSPS) is 20.8. The fourth-order valence-corrected chi connectivity index (χ4v) is 3.93. The van der Waals surface area contributed by atoms with Gasteiger partial charge in [0, 0.05) is 23.6 Å². The third-order valence-electron chi connectivity index (χ3n) is 5.20. The molecule has 0 saturated carbocycles. The molecule has 2 atom stereocenters. The van der Waals surface area contributed by atoms with Gasteiger partial charge in [0.15, 0.2) is 11.5 Å². The van der Waals surface area contributed by atoms with Crippen molar-refractivity contribution < 1.29 is 14.3 Å². The number of aromatic nitrogens is 1. The molecule has 0 bridgehead atoms. The predicted octanol–water partition coefficient (Wildman–Crippen LogP) is 2.25. The van der Waals surface area contributed by atoms with Gasteiger partial charge in [0.05, 0.1) is 12.1 Å². The van der Waals surface area contributed by atoms with Crippen LogP contribution >= 0.6 is 0 Å². The van der Waals surface area contributed by atoms with E-state index >= 15 is 0 Å². The van der Waals surface area contributed by atoms with Crippen LogP contribution < -0.4 is 20.1 Å². The number of H-pyrrole nitrogens is 1. The zero-order valence-corrected chi connectivity index (χ0v) is 14.3. The molecule has 6 heteroatoms. The third kappa shape index (κ3) is 2.26. The van der Waals surface area contributed by atoms with Gasteiger partial charge in [0.25, 0.3) is 0 Å². The smallest absolute Gasteiger partial charge is 0.237 e. The monoisotopic (exact) mass is 349 g/mol. The number of para-hydroxylation sites is 1. The standard InChI is InChI=1S/C20H19N3O3/c1-21-20(24)15-9-13-12-4-2-3-5-14(12)22-19(13)18(23-15)11-6-7-16-17(8-11)26-10-25-16/h2-8,15,18,22-23H,9-10H2,1H3,(H,21,24)/t15-,18-/m0/s1. The molecule has 2 aliphatic rings. The second kappa shape index (κ2) is 5.78. The minimum Gasteiger partial charge on any atom is -0.454 e. The highest BCUT2D eigenvalue weighted by molar-refractivity contribution is 5.88. The topological polar surface area (TPSA) is 75.4 Å². The van der Waals surface area contributed by atoms with E-state index in [2.05, 4.69) is 27.8 Å². The van der Waals surface area contributed by atoms with Crippen LogP contribution in [-0.2, 0) is 11.2 Å². The first-order valence-electron chi connectivity index (χ1n) is 8.71. The molecule has 1 amide bonds. The van der Waals surface area contributed by atoms with Crippen molar-refractivity contribution in [3.05, 3.63) is 59.3 Å². The highest BCUT2D eigenvalue weighted by atomic mass is 16.7. The zero-order chi connectivity index (χ0) is 17.7. The molecule has 2 aromatic carbocycles. The van der Waals surface area contributed by atoms with Crippen molar-refractivity contribution in [2.45, 2.75) is 18.5 Å². The van der Waals surface area contributed by atoms with Gasteiger partial charge in [0.1, 0.15) is 0 Å². The second-order valence-corrected chi connectivity index (χ2v) is 6.65. The molecule has 5 rings (SSSR count). The average Bonchev–Trinajstić information content (AvgIpc) is 3.30. The van der Waals surface area contributed by atoms with Gasteiger partial charge < -0.3 is 19.8 Å². The maximum absolute atomic E-state index is 12.4. The average molecular weight is 349 g/mol. The number of hydrogen-bond acceptors (Lipinski definition) is 4. The molecule has 1 aromatic heterocycles. The van der Waals surface area contributed by atoms with Crippen molar-refractivity contribution in [3.63, 3.8) is 0 Å². The van der Waals surface area contributed by atoms with Crippen LogP contribution in [0.4, 0.5) is 0 Å². The summed E-state index contributed by atoms with van der Waals surface area (Å²) in [6, 6.07) is 13.7. The molecule has 3 heterocycles. The fraction of sp³-hybridized carbons (Fsp3) is 0.250. The Kier molecular flexibility index (Phi) is 3.39. The number of carbonyl (C=O) groups excluding carboxylic acids is 1. The molecule has 26 heavy (non-hydrogen) atoms. The quantitative estimate of drug-likeness (QED) is 0.663. The van der Waals surface area contributed by atoms with Crippen molar-refractivity contribution in [2.24, 2.45) is 0 Å². The van der Waals surface area contributed by atoms with Gasteiger partial charge in [-0.25, -0.2) is 0 Å². The number of carbonyl (C=O) groups is 1. The lowest BCUT2D eigenvalue weighted by Gasteiger charge is -2.31. The second-order valence-electron chi connectivity index (χ2n) is 6.65. The number of aromatic amines is 1. The van der Waals surface area contributed by atoms with Gasteiger partial charge in [-0.1, -0.05) is 24.3 Å². The number of nitrogens with one attached hydrogen (secondary N) is 3. The Labute approximate surface area is 150 Å². The SMILES string of the molecule is CNC(=O)[C@@H]1Cc2c([nH]c3ccccc23)[C@H](c2ccc3c(c2)OCO3)N1. The van der Waals surface area contributed by atoms with E-state index in [-0.39, 0.29) is 24.8 Å². The minimum atomic E-state index is -0.290. The molecule has 3 aromatic rings. The Morgan fingerprint density at radius 3 is 2.88 bits per heavy atom. The maximum Gasteiger partial charge on any atom is 0.237 e. The van der Waals surface area contributed by atoms with Crippen LogP contribution in [0.5, 0.6) is 11.5 Å². The molecular formula is C20H19N3O3. The van der Waals surface area contributed by atoms with Crippen LogP contribution in [0.1, 0.15) is 22.9 Å². The molecule has 0 spiro atoms. The summed E-state index contributed by atoms with van der Waals surface area (Å²) in [5.74, 6) is 1.49. The van der Waals surface area contributed by atoms with Gasteiger partial charge in [-0.2, -0.15) is 0 Å². The van der Waals surface area contributed by atoms with Crippen molar-refractivity contribution >= 4 is 16.8 Å². The van der Waals surface area contributed by atoms with Gasteiger partial charge >= 0.3 is 0 Å². The molecule has 0 radical (unpaired) electrons. The Bertz CT molecular complexity index is 1010. The Hall–Kier alpha value is -2.99. The summed E-state index contributed by atoms with van der Waals surface area (Å²) in [7, 11) is 1.67. The number of benzene rings is 2. The highest BCUT2D eigenvalue weighted by Gasteiger charge is 2.34. The molecular weight excluding hydrogens is 330 g/mol. The van der Waals surface area contributed by atoms with Gasteiger partial charge in [0.2, 0.25) is 12.7 Å². The summed E-state index contributed by atoms with van der Waals surface area (Å²) < 4.78 is 11.0. The van der Waals surface area contributed by atoms with E-state index in [1.165, 1.54) is 10.9 Å². The van der Waals surface area contributed by atoms with Crippen LogP contribution in [0.3, 0.4) is 0 Å². The summed E-state index contributed by atoms with van der Waals surface area (Å²) in [6.45, 7) is 0.245. The summed E-state index contributed by atoms with van der Waals surface area (Å²) in [5.41, 5.74) is 4.42. The summed E-state index contributed by atoms with van der Waals surface area (Å²) in [6.07, 6.45) is 0.653. The van der Waals surface area contributed by atoms with E-state index in [9.17, 15) is 4.79 Å². The van der Waals surface area contributed by atoms with Crippen molar-refractivity contribution in [1.82, 2.24) is 15.6 Å². The van der Waals surface area contributed by atoms with Crippen molar-refractivity contribution in [1.29, 1.82) is 0 Å². The van der Waals surface area contributed by atoms with E-state index in [0.717, 1.165) is 28.3 Å². The summed E-state index contributed by atoms with van der Waals surface area (Å²) >= 11 is 0. The fourth-order valence-electron chi connectivity index (χ4n) is 3.93. The Morgan fingerprint density at radius 1 is 1.15 bits per heavy atom. The number of amides is 1. The van der Waals surface area contributed by atoms with Crippen LogP contribution in [0, 0.1) is 0 Å². The summed E-state index contributed by atoms with van der Waals surface area (Å²) in [5, 5.41) is 7.42. The van der Waals surface area contributed by atoms with Gasteiger partial charge in [-0.3, -0.25) is 10.1 Å². The molecule has 2 aliphatic heterocycles. The minimum absolute atomic E-state index is 0.00771. The van der Waals surface area contributed by atoms with E-state index in [1.54, 1.807) is 7.05 Å². The van der Waals surface area contributed by atoms with Crippen molar-refractivity contribution in [3.8, 4) is 11.5 Å². The first kappa shape index (κ1) is 15.3. The summed E-state index contributed by atoms with van der Waals surface area (Å²) in [4.78, 5) is 15.9. The van der Waals surface area contributed by atoms with E-state index in [0.29, 0.717) is 6.42 Å². The molecule has 3 N–H and O–H groups in total. The molecule has 132 valence electrons. The first-order chi connectivity index (χ1) is 12.7. The largest absolute Gasteiger partial charge is 0.454 e. The lowest BCUT2D eigenvalue weighted by Crippen LogP contribution is -2.49. The molecule has 0 unspecified atom stereocenters. The lowest BCUT2D eigenvalue weighted by molar-refractivity contribution is -0.122. The molecule has 0 saturated heterocycles. The van der Waals surface area contributed by atoms with Crippen LogP contribution in [0.2, 0.25) is 0 Å². The molecule has 0 fully saturated rings. The number of fused-ring (bicyclic) bond motifs is 4. The van der Waals surface area contributed by atoms with Crippen molar-refractivity contribution in [2.75, 3.05) is 13.8 Å². The first-order valence-corrected chi connectivity index (χ1v) is 8.71. The number of hydrogen-bond donors (Lipinski definition) is 3. The zero-order valence-electron chi connectivity index (χ0n) is 14.3. The number of ether oxygens (including phenoxy) is 2. The Balaban J connectivity index is 1.65. The van der Waals surface area contributed by atoms with Crippen LogP contribution in [0.15, 0.2) is 42.5 Å². The highest BCUT2D eigenvalue weighted by Crippen LogP contribution is 2.39. The lowest BCUT2D eigenvalue weighted by atomic mass is 9.90. The number of rotatable bonds is 2. The van der Waals surface area contributed by atoms with Gasteiger partial charge in [-0.05, 0) is 35.7 Å². The predicted molar refractivity (Wildman–Crippen MR) is 97.4 cm³/mol. The van der Waals surface area contributed by atoms with Crippen LogP contribution in [0.25, 0.3) is 10.9 Å². The Morgan fingerprint density at radius 2 is 2.00 bits per heavy atom. The number of likely N-dealkylation sites (N-methyl/N-ethyl adjacent to an activating group) is 1. The van der Waals surface area contributed by atoms with Crippen LogP contribution in [-0.4, -0.2) is 30.8 Å². The third-order valence-corrected chi connectivity index (χ3v) is 5.20.